The highest BCUT2D eigenvalue weighted by molar-refractivity contribution is 5.95. The Morgan fingerprint density at radius 3 is 2.82 bits per heavy atom. The molecule has 1 aromatic rings. The van der Waals surface area contributed by atoms with Crippen LogP contribution in [0.15, 0.2) is 29.5 Å². The Labute approximate surface area is 100 Å². The molecule has 2 heterocycles. The molecule has 0 saturated heterocycles. The molecule has 2 N–H and O–H groups in total. The SMILES string of the molecule is O=C(NNC1=NCCCCC1)c1ccncc1. The van der Waals surface area contributed by atoms with Crippen LogP contribution < -0.4 is 10.9 Å². The third-order valence-electron chi connectivity index (χ3n) is 2.64. The third kappa shape index (κ3) is 3.55. The Hall–Kier alpha value is -1.91. The third-order valence-corrected chi connectivity index (χ3v) is 2.64. The van der Waals surface area contributed by atoms with Crippen molar-refractivity contribution < 1.29 is 4.79 Å². The summed E-state index contributed by atoms with van der Waals surface area (Å²) < 4.78 is 0. The van der Waals surface area contributed by atoms with E-state index in [1.165, 1.54) is 6.42 Å². The summed E-state index contributed by atoms with van der Waals surface area (Å²) >= 11 is 0. The quantitative estimate of drug-likeness (QED) is 0.717. The Balaban J connectivity index is 1.85. The summed E-state index contributed by atoms with van der Waals surface area (Å²) in [5.74, 6) is 0.698. The predicted octanol–water partition coefficient (Wildman–Crippen LogP) is 1.29. The van der Waals surface area contributed by atoms with Crippen molar-refractivity contribution in [1.82, 2.24) is 15.8 Å². The maximum atomic E-state index is 11.7. The standard InChI is InChI=1S/C12H16N4O/c17-12(10-5-8-13-9-6-10)16-15-11-4-2-1-3-7-14-11/h5-6,8-9H,1-4,7H2,(H,14,15)(H,16,17). The number of hydrazine groups is 1. The van der Waals surface area contributed by atoms with Crippen LogP contribution in [0.2, 0.25) is 0 Å². The number of aliphatic imine (C=N–C) groups is 1. The fraction of sp³-hybridized carbons (Fsp3) is 0.417. The number of hydrogen-bond acceptors (Lipinski definition) is 4. The second-order valence-electron chi connectivity index (χ2n) is 3.95. The molecule has 1 aliphatic rings. The normalized spacial score (nSPS) is 15.6. The van der Waals surface area contributed by atoms with Crippen LogP contribution in [0.5, 0.6) is 0 Å². The number of amidine groups is 1. The smallest absolute Gasteiger partial charge is 0.269 e. The Kier molecular flexibility index (Phi) is 4.07. The minimum atomic E-state index is -0.167. The molecule has 0 spiro atoms. The first-order valence-corrected chi connectivity index (χ1v) is 5.86. The van der Waals surface area contributed by atoms with Crippen molar-refractivity contribution in [1.29, 1.82) is 0 Å². The molecule has 2 rings (SSSR count). The topological polar surface area (TPSA) is 66.4 Å². The second kappa shape index (κ2) is 5.98. The molecule has 0 aromatic carbocycles. The van der Waals surface area contributed by atoms with E-state index < -0.39 is 0 Å². The van der Waals surface area contributed by atoms with E-state index in [-0.39, 0.29) is 5.91 Å². The van der Waals surface area contributed by atoms with E-state index in [2.05, 4.69) is 20.8 Å². The first-order valence-electron chi connectivity index (χ1n) is 5.86. The van der Waals surface area contributed by atoms with Crippen molar-refractivity contribution >= 4 is 11.7 Å². The van der Waals surface area contributed by atoms with Gasteiger partial charge in [0.15, 0.2) is 0 Å². The van der Waals surface area contributed by atoms with Crippen molar-refractivity contribution in [2.45, 2.75) is 25.7 Å². The number of carbonyl (C=O) groups excluding carboxylic acids is 1. The van der Waals surface area contributed by atoms with Crippen LogP contribution in [0.3, 0.4) is 0 Å². The summed E-state index contributed by atoms with van der Waals surface area (Å²) in [4.78, 5) is 20.0. The number of carbonyl (C=O) groups is 1. The molecular weight excluding hydrogens is 216 g/mol. The zero-order valence-electron chi connectivity index (χ0n) is 9.65. The molecular formula is C12H16N4O. The lowest BCUT2D eigenvalue weighted by Crippen LogP contribution is -2.41. The van der Waals surface area contributed by atoms with Crippen molar-refractivity contribution in [3.05, 3.63) is 30.1 Å². The zero-order valence-corrected chi connectivity index (χ0v) is 9.65. The molecule has 1 aromatic heterocycles. The number of nitrogens with one attached hydrogen (secondary N) is 2. The molecule has 0 fully saturated rings. The molecule has 0 saturated carbocycles. The molecule has 0 aliphatic carbocycles. The molecule has 1 aliphatic heterocycles. The van der Waals surface area contributed by atoms with Gasteiger partial charge in [0.1, 0.15) is 5.84 Å². The molecule has 90 valence electrons. The lowest BCUT2D eigenvalue weighted by atomic mass is 10.2. The molecule has 0 unspecified atom stereocenters. The van der Waals surface area contributed by atoms with E-state index in [9.17, 15) is 4.79 Å². The lowest BCUT2D eigenvalue weighted by Gasteiger charge is -2.09. The van der Waals surface area contributed by atoms with E-state index in [0.29, 0.717) is 5.56 Å². The number of aromatic nitrogens is 1. The average molecular weight is 232 g/mol. The summed E-state index contributed by atoms with van der Waals surface area (Å²) in [6.45, 7) is 0.841. The number of rotatable bonds is 1. The number of amides is 1. The van der Waals surface area contributed by atoms with E-state index in [4.69, 9.17) is 0 Å². The highest BCUT2D eigenvalue weighted by Gasteiger charge is 2.07. The van der Waals surface area contributed by atoms with Gasteiger partial charge in [-0.05, 0) is 25.0 Å². The molecule has 5 heteroatoms. The number of pyridine rings is 1. The van der Waals surface area contributed by atoms with Gasteiger partial charge in [-0.1, -0.05) is 6.42 Å². The maximum absolute atomic E-state index is 11.7. The number of hydrogen-bond donors (Lipinski definition) is 2. The number of nitrogens with zero attached hydrogens (tertiary/aromatic N) is 2. The fourth-order valence-corrected chi connectivity index (χ4v) is 1.68. The summed E-state index contributed by atoms with van der Waals surface area (Å²) in [5.41, 5.74) is 6.12. The highest BCUT2D eigenvalue weighted by atomic mass is 16.2. The van der Waals surface area contributed by atoms with Gasteiger partial charge in [0.25, 0.3) is 5.91 Å². The van der Waals surface area contributed by atoms with Crippen molar-refractivity contribution in [2.75, 3.05) is 6.54 Å². The first-order chi connectivity index (χ1) is 8.36. The Morgan fingerprint density at radius 2 is 2.00 bits per heavy atom. The lowest BCUT2D eigenvalue weighted by molar-refractivity contribution is 0.0943. The molecule has 17 heavy (non-hydrogen) atoms. The maximum Gasteiger partial charge on any atom is 0.269 e. The van der Waals surface area contributed by atoms with Gasteiger partial charge >= 0.3 is 0 Å². The van der Waals surface area contributed by atoms with Crippen LogP contribution in [0.1, 0.15) is 36.0 Å². The monoisotopic (exact) mass is 232 g/mol. The van der Waals surface area contributed by atoms with Crippen LogP contribution in [0, 0.1) is 0 Å². The van der Waals surface area contributed by atoms with Crippen molar-refractivity contribution in [3.63, 3.8) is 0 Å². The summed E-state index contributed by atoms with van der Waals surface area (Å²) in [6.07, 6.45) is 7.54. The fourth-order valence-electron chi connectivity index (χ4n) is 1.68. The predicted molar refractivity (Wildman–Crippen MR) is 65.6 cm³/mol. The van der Waals surface area contributed by atoms with Gasteiger partial charge in [-0.15, -0.1) is 0 Å². The Morgan fingerprint density at radius 1 is 1.18 bits per heavy atom. The molecule has 0 atom stereocenters. The van der Waals surface area contributed by atoms with E-state index in [1.54, 1.807) is 24.5 Å². The minimum Gasteiger partial charge on any atom is -0.285 e. The van der Waals surface area contributed by atoms with Gasteiger partial charge in [-0.3, -0.25) is 25.6 Å². The first kappa shape index (κ1) is 11.6. The van der Waals surface area contributed by atoms with Crippen molar-refractivity contribution in [3.8, 4) is 0 Å². The molecule has 1 amide bonds. The largest absolute Gasteiger partial charge is 0.285 e. The van der Waals surface area contributed by atoms with E-state index in [1.807, 2.05) is 0 Å². The molecule has 0 radical (unpaired) electrons. The molecule has 5 nitrogen and oxygen atoms in total. The van der Waals surface area contributed by atoms with Crippen LogP contribution in [0.25, 0.3) is 0 Å². The van der Waals surface area contributed by atoms with Crippen LogP contribution in [0.4, 0.5) is 0 Å². The average Bonchev–Trinajstić information content (AvgIpc) is 2.65. The van der Waals surface area contributed by atoms with E-state index in [0.717, 1.165) is 31.6 Å². The minimum absolute atomic E-state index is 0.167. The van der Waals surface area contributed by atoms with Gasteiger partial charge in [0.2, 0.25) is 0 Å². The van der Waals surface area contributed by atoms with Crippen LogP contribution in [-0.4, -0.2) is 23.3 Å². The van der Waals surface area contributed by atoms with Gasteiger partial charge in [0.05, 0.1) is 0 Å². The zero-order chi connectivity index (χ0) is 11.9. The Bertz CT molecular complexity index is 402. The second-order valence-corrected chi connectivity index (χ2v) is 3.95. The summed E-state index contributed by atoms with van der Waals surface area (Å²) in [6, 6.07) is 3.35. The van der Waals surface area contributed by atoms with E-state index >= 15 is 0 Å². The summed E-state index contributed by atoms with van der Waals surface area (Å²) in [5, 5.41) is 0. The van der Waals surface area contributed by atoms with Gasteiger partial charge in [0, 0.05) is 30.9 Å². The van der Waals surface area contributed by atoms with Gasteiger partial charge < -0.3 is 0 Å². The van der Waals surface area contributed by atoms with Crippen molar-refractivity contribution in [2.24, 2.45) is 4.99 Å². The van der Waals surface area contributed by atoms with Gasteiger partial charge in [-0.25, -0.2) is 0 Å². The van der Waals surface area contributed by atoms with Crippen LogP contribution >= 0.6 is 0 Å². The highest BCUT2D eigenvalue weighted by Crippen LogP contribution is 2.05. The van der Waals surface area contributed by atoms with Gasteiger partial charge in [-0.2, -0.15) is 0 Å². The van der Waals surface area contributed by atoms with Crippen LogP contribution in [-0.2, 0) is 0 Å². The summed E-state index contributed by atoms with van der Waals surface area (Å²) in [7, 11) is 0. The molecule has 0 bridgehead atoms.